The number of carbonyl (C=O) groups excluding carboxylic acids is 1. The van der Waals surface area contributed by atoms with Gasteiger partial charge in [0.05, 0.1) is 10.6 Å². The fourth-order valence-corrected chi connectivity index (χ4v) is 7.24. The molecule has 45 heavy (non-hydrogen) atoms. The lowest BCUT2D eigenvalue weighted by molar-refractivity contribution is -0.152. The van der Waals surface area contributed by atoms with Gasteiger partial charge in [-0.1, -0.05) is 53.5 Å². The van der Waals surface area contributed by atoms with Crippen molar-refractivity contribution in [2.24, 2.45) is 0 Å². The summed E-state index contributed by atoms with van der Waals surface area (Å²) in [6.45, 7) is 6.15. The molecule has 1 saturated heterocycles. The molecular formula is C31H31Cl2N5O6S. The number of esters is 1. The molecule has 14 heteroatoms. The maximum Gasteiger partial charge on any atom is 0.407 e. The van der Waals surface area contributed by atoms with E-state index in [1.807, 2.05) is 17.0 Å². The Balaban J connectivity index is 1.59. The first kappa shape index (κ1) is 32.3. The smallest absolute Gasteiger partial charge is 0.407 e. The topological polar surface area (TPSA) is 133 Å². The minimum atomic E-state index is -4.37. The van der Waals surface area contributed by atoms with Gasteiger partial charge < -0.3 is 19.6 Å². The van der Waals surface area contributed by atoms with Crippen molar-refractivity contribution in [3.63, 3.8) is 0 Å². The molecule has 236 valence electrons. The molecule has 1 aliphatic heterocycles. The van der Waals surface area contributed by atoms with Crippen LogP contribution in [-0.2, 0) is 19.6 Å². The third kappa shape index (κ3) is 7.24. The van der Waals surface area contributed by atoms with E-state index in [0.29, 0.717) is 54.2 Å². The normalized spacial score (nSPS) is 14.0. The predicted octanol–water partition coefficient (Wildman–Crippen LogP) is 5.94. The van der Waals surface area contributed by atoms with Gasteiger partial charge in [-0.15, -0.1) is 0 Å². The first-order valence-electron chi connectivity index (χ1n) is 14.0. The summed E-state index contributed by atoms with van der Waals surface area (Å²) in [6, 6.07) is 16.2. The van der Waals surface area contributed by atoms with Gasteiger partial charge in [0.25, 0.3) is 10.0 Å². The second-order valence-electron chi connectivity index (χ2n) is 11.4. The van der Waals surface area contributed by atoms with Crippen molar-refractivity contribution >= 4 is 67.6 Å². The molecule has 0 atom stereocenters. The molecular weight excluding hydrogens is 641 g/mol. The Morgan fingerprint density at radius 2 is 1.60 bits per heavy atom. The van der Waals surface area contributed by atoms with Gasteiger partial charge in [-0.2, -0.15) is 0 Å². The zero-order valence-electron chi connectivity index (χ0n) is 24.8. The van der Waals surface area contributed by atoms with Crippen molar-refractivity contribution in [1.29, 1.82) is 0 Å². The number of anilines is 2. The lowest BCUT2D eigenvalue weighted by atomic mass is 10.0. The fraction of sp³-hybridized carbons (Fsp3) is 0.290. The van der Waals surface area contributed by atoms with Crippen LogP contribution in [0.4, 0.5) is 16.3 Å². The summed E-state index contributed by atoms with van der Waals surface area (Å²) in [6.07, 6.45) is 0.678. The molecule has 1 aromatic heterocycles. The number of hydrogen-bond donors (Lipinski definition) is 1. The van der Waals surface area contributed by atoms with Crippen LogP contribution >= 0.6 is 23.2 Å². The Labute approximate surface area is 271 Å². The first-order chi connectivity index (χ1) is 21.2. The Morgan fingerprint density at radius 1 is 0.956 bits per heavy atom. The van der Waals surface area contributed by atoms with E-state index in [4.69, 9.17) is 32.9 Å². The maximum absolute atomic E-state index is 14.2. The number of amides is 1. The second kappa shape index (κ2) is 12.7. The zero-order chi connectivity index (χ0) is 32.5. The fourth-order valence-electron chi connectivity index (χ4n) is 5.08. The SMILES string of the molecule is CC(C)(C)OC(=O)CN(c1cccc2c(-c3nccc(N4CCN(C(=O)O)CC4)n3)cccc12)S(=O)(=O)c1cc(Cl)cc(Cl)c1. The van der Waals surface area contributed by atoms with E-state index in [1.165, 1.54) is 23.1 Å². The lowest BCUT2D eigenvalue weighted by Gasteiger charge is -2.33. The number of carbonyl (C=O) groups is 2. The summed E-state index contributed by atoms with van der Waals surface area (Å²) in [5, 5.41) is 10.7. The van der Waals surface area contributed by atoms with Crippen LogP contribution in [0.25, 0.3) is 22.2 Å². The highest BCUT2D eigenvalue weighted by Gasteiger charge is 2.31. The molecule has 0 aliphatic carbocycles. The van der Waals surface area contributed by atoms with Crippen molar-refractivity contribution < 1.29 is 27.9 Å². The maximum atomic E-state index is 14.2. The standard InChI is InChI=1S/C31H31Cl2N5O6S/c1-31(2,3)44-28(39)19-38(45(42,43)22-17-20(32)16-21(33)18-22)26-9-5-6-23-24(26)7-4-8-25(23)29-34-11-10-27(35-29)36-12-14-37(15-13-36)30(40)41/h4-11,16-18H,12-15,19H2,1-3H3,(H,40,41). The van der Waals surface area contributed by atoms with Gasteiger partial charge in [0.2, 0.25) is 0 Å². The minimum absolute atomic E-state index is 0.125. The van der Waals surface area contributed by atoms with Crippen molar-refractivity contribution in [1.82, 2.24) is 14.9 Å². The summed E-state index contributed by atoms with van der Waals surface area (Å²) in [4.78, 5) is 36.9. The Morgan fingerprint density at radius 3 is 2.24 bits per heavy atom. The number of hydrogen-bond acceptors (Lipinski definition) is 8. The summed E-state index contributed by atoms with van der Waals surface area (Å²) in [5.74, 6) is 0.302. The van der Waals surface area contributed by atoms with Crippen LogP contribution in [0.3, 0.4) is 0 Å². The van der Waals surface area contributed by atoms with E-state index in [9.17, 15) is 23.1 Å². The van der Waals surface area contributed by atoms with Crippen LogP contribution in [0.2, 0.25) is 10.0 Å². The third-order valence-electron chi connectivity index (χ3n) is 7.04. The molecule has 0 unspecified atom stereocenters. The molecule has 5 rings (SSSR count). The molecule has 0 bridgehead atoms. The van der Waals surface area contributed by atoms with Gasteiger partial charge >= 0.3 is 12.1 Å². The first-order valence-corrected chi connectivity index (χ1v) is 16.2. The zero-order valence-corrected chi connectivity index (χ0v) is 27.1. The van der Waals surface area contributed by atoms with Crippen LogP contribution in [0, 0.1) is 0 Å². The van der Waals surface area contributed by atoms with Crippen LogP contribution in [-0.4, -0.2) is 78.8 Å². The second-order valence-corrected chi connectivity index (χ2v) is 14.1. The number of rotatable bonds is 7. The van der Waals surface area contributed by atoms with Gasteiger partial charge in [0.15, 0.2) is 5.82 Å². The molecule has 4 aromatic rings. The number of halogens is 2. The summed E-state index contributed by atoms with van der Waals surface area (Å²) >= 11 is 12.3. The number of piperazine rings is 1. The number of aromatic nitrogens is 2. The molecule has 0 spiro atoms. The number of benzene rings is 3. The highest BCUT2D eigenvalue weighted by Crippen LogP contribution is 2.36. The van der Waals surface area contributed by atoms with Crippen molar-refractivity contribution in [2.45, 2.75) is 31.3 Å². The quantitative estimate of drug-likeness (QED) is 0.237. The number of ether oxygens (including phenoxy) is 1. The van der Waals surface area contributed by atoms with E-state index >= 15 is 0 Å². The summed E-state index contributed by atoms with van der Waals surface area (Å²) in [5.41, 5.74) is 0.0264. The van der Waals surface area contributed by atoms with Crippen LogP contribution < -0.4 is 9.21 Å². The minimum Gasteiger partial charge on any atom is -0.465 e. The molecule has 0 saturated carbocycles. The molecule has 1 amide bonds. The number of carboxylic acid groups (broad SMARTS) is 1. The average molecular weight is 673 g/mol. The van der Waals surface area contributed by atoms with Crippen LogP contribution in [0.5, 0.6) is 0 Å². The Kier molecular flexibility index (Phi) is 9.11. The Bertz CT molecular complexity index is 1850. The number of nitrogens with zero attached hydrogens (tertiary/aromatic N) is 5. The highest BCUT2D eigenvalue weighted by molar-refractivity contribution is 7.93. The van der Waals surface area contributed by atoms with E-state index in [-0.39, 0.29) is 20.6 Å². The molecule has 1 N–H and O–H groups in total. The third-order valence-corrected chi connectivity index (χ3v) is 9.21. The molecule has 1 aliphatic rings. The summed E-state index contributed by atoms with van der Waals surface area (Å²) in [7, 11) is -4.37. The molecule has 1 fully saturated rings. The largest absolute Gasteiger partial charge is 0.465 e. The number of sulfonamides is 1. The van der Waals surface area contributed by atoms with E-state index in [1.54, 1.807) is 57.3 Å². The molecule has 0 radical (unpaired) electrons. The van der Waals surface area contributed by atoms with Crippen molar-refractivity contribution in [3.05, 3.63) is 76.9 Å². The van der Waals surface area contributed by atoms with Gasteiger partial charge in [0.1, 0.15) is 18.0 Å². The van der Waals surface area contributed by atoms with Crippen molar-refractivity contribution in [3.8, 4) is 11.4 Å². The molecule has 2 heterocycles. The van der Waals surface area contributed by atoms with Crippen LogP contribution in [0.15, 0.2) is 71.8 Å². The predicted molar refractivity (Wildman–Crippen MR) is 174 cm³/mol. The van der Waals surface area contributed by atoms with Gasteiger partial charge in [-0.3, -0.25) is 9.10 Å². The van der Waals surface area contributed by atoms with Crippen molar-refractivity contribution in [2.75, 3.05) is 41.9 Å². The van der Waals surface area contributed by atoms with Gasteiger partial charge in [-0.05, 0) is 56.5 Å². The Hall–Kier alpha value is -4.13. The number of fused-ring (bicyclic) bond motifs is 1. The van der Waals surface area contributed by atoms with Gasteiger partial charge in [0, 0.05) is 53.4 Å². The average Bonchev–Trinajstić information content (AvgIpc) is 2.98. The summed E-state index contributed by atoms with van der Waals surface area (Å²) < 4.78 is 34.8. The van der Waals surface area contributed by atoms with E-state index in [2.05, 4.69) is 4.98 Å². The van der Waals surface area contributed by atoms with Crippen LogP contribution in [0.1, 0.15) is 20.8 Å². The molecule has 3 aromatic carbocycles. The van der Waals surface area contributed by atoms with E-state index < -0.39 is 34.2 Å². The highest BCUT2D eigenvalue weighted by atomic mass is 35.5. The lowest BCUT2D eigenvalue weighted by Crippen LogP contribution is -2.48. The molecule has 11 nitrogen and oxygen atoms in total. The van der Waals surface area contributed by atoms with Gasteiger partial charge in [-0.25, -0.2) is 23.2 Å². The van der Waals surface area contributed by atoms with E-state index in [0.717, 1.165) is 4.31 Å². The monoisotopic (exact) mass is 671 g/mol.